The summed E-state index contributed by atoms with van der Waals surface area (Å²) < 4.78 is 50.8. The molecule has 4 rings (SSSR count). The number of ether oxygens (including phenoxy) is 1. The zero-order chi connectivity index (χ0) is 25.3. The number of carbonyl (C=O) groups is 1. The van der Waals surface area contributed by atoms with Gasteiger partial charge in [-0.3, -0.25) is 4.31 Å². The summed E-state index contributed by atoms with van der Waals surface area (Å²) in [6.45, 7) is 1.80. The van der Waals surface area contributed by atoms with Crippen molar-refractivity contribution in [3.8, 4) is 28.5 Å². The lowest BCUT2D eigenvalue weighted by Gasteiger charge is -2.20. The van der Waals surface area contributed by atoms with Crippen LogP contribution in [0.15, 0.2) is 65.1 Å². The number of hydrogen-bond acceptors (Lipinski definition) is 6. The molecule has 1 aromatic heterocycles. The molecule has 0 atom stereocenters. The monoisotopic (exact) mass is 492 g/mol. The number of sulfonamides is 1. The van der Waals surface area contributed by atoms with Gasteiger partial charge in [-0.2, -0.15) is 5.26 Å². The Bertz CT molecular complexity index is 1580. The molecule has 1 heterocycles. The molecule has 0 fully saturated rings. The molecule has 178 valence electrons. The fraction of sp³-hybridized carbons (Fsp3) is 0.154. The van der Waals surface area contributed by atoms with Gasteiger partial charge in [0, 0.05) is 29.6 Å². The van der Waals surface area contributed by atoms with Gasteiger partial charge in [-0.1, -0.05) is 12.1 Å². The lowest BCUT2D eigenvalue weighted by Crippen LogP contribution is -2.25. The SMILES string of the molecule is CCOC(=O)c1c(-c2ccc(F)cc2)oc2cc(N(C)S(C)(=O)=O)c(-c3cccc(C#N)c3)cc12. The van der Waals surface area contributed by atoms with Crippen LogP contribution in [0.1, 0.15) is 22.8 Å². The summed E-state index contributed by atoms with van der Waals surface area (Å²) in [7, 11) is -2.26. The number of fused-ring (bicyclic) bond motifs is 1. The van der Waals surface area contributed by atoms with Crippen LogP contribution in [0.3, 0.4) is 0 Å². The highest BCUT2D eigenvalue weighted by Gasteiger charge is 2.27. The number of benzene rings is 3. The fourth-order valence-electron chi connectivity index (χ4n) is 3.77. The molecular weight excluding hydrogens is 471 g/mol. The maximum Gasteiger partial charge on any atom is 0.342 e. The lowest BCUT2D eigenvalue weighted by atomic mass is 9.97. The van der Waals surface area contributed by atoms with Crippen molar-refractivity contribution in [1.29, 1.82) is 5.26 Å². The molecule has 0 spiro atoms. The van der Waals surface area contributed by atoms with Gasteiger partial charge in [-0.25, -0.2) is 17.6 Å². The first-order chi connectivity index (χ1) is 16.6. The average Bonchev–Trinajstić information content (AvgIpc) is 3.21. The van der Waals surface area contributed by atoms with E-state index in [1.807, 2.05) is 0 Å². The number of nitriles is 1. The van der Waals surface area contributed by atoms with Crippen molar-refractivity contribution in [2.75, 3.05) is 24.2 Å². The second-order valence-electron chi connectivity index (χ2n) is 7.82. The first-order valence-electron chi connectivity index (χ1n) is 10.6. The number of furan rings is 1. The topological polar surface area (TPSA) is 101 Å². The molecule has 0 aliphatic heterocycles. The Kier molecular flexibility index (Phi) is 6.33. The van der Waals surface area contributed by atoms with Gasteiger partial charge in [0.25, 0.3) is 0 Å². The zero-order valence-corrected chi connectivity index (χ0v) is 20.0. The Balaban J connectivity index is 2.09. The molecule has 0 N–H and O–H groups in total. The van der Waals surface area contributed by atoms with Crippen molar-refractivity contribution >= 4 is 32.6 Å². The highest BCUT2D eigenvalue weighted by Crippen LogP contribution is 2.41. The highest BCUT2D eigenvalue weighted by molar-refractivity contribution is 7.92. The molecule has 0 bridgehead atoms. The van der Waals surface area contributed by atoms with E-state index in [-0.39, 0.29) is 23.5 Å². The molecule has 0 amide bonds. The van der Waals surface area contributed by atoms with Crippen molar-refractivity contribution < 1.29 is 26.8 Å². The van der Waals surface area contributed by atoms with Crippen molar-refractivity contribution in [3.63, 3.8) is 0 Å². The standard InChI is InChI=1S/C26H21FN2O5S/c1-4-33-26(30)24-21-13-20(18-7-5-6-16(12-18)15-28)22(29(2)35(3,31)32)14-23(21)34-25(24)17-8-10-19(27)11-9-17/h5-14H,4H2,1-3H3. The smallest absolute Gasteiger partial charge is 0.342 e. The second kappa shape index (κ2) is 9.24. The van der Waals surface area contributed by atoms with Crippen LogP contribution in [0.25, 0.3) is 33.4 Å². The summed E-state index contributed by atoms with van der Waals surface area (Å²) in [6.07, 6.45) is 1.07. The number of nitrogens with zero attached hydrogens (tertiary/aromatic N) is 2. The van der Waals surface area contributed by atoms with E-state index in [0.717, 1.165) is 10.6 Å². The Morgan fingerprint density at radius 3 is 2.46 bits per heavy atom. The number of anilines is 1. The highest BCUT2D eigenvalue weighted by atomic mass is 32.2. The van der Waals surface area contributed by atoms with Gasteiger partial charge in [-0.05, 0) is 55.0 Å². The summed E-state index contributed by atoms with van der Waals surface area (Å²) in [6, 6.07) is 17.4. The molecule has 4 aromatic rings. The van der Waals surface area contributed by atoms with Crippen LogP contribution in [-0.4, -0.2) is 34.3 Å². The molecule has 9 heteroatoms. The van der Waals surface area contributed by atoms with Crippen LogP contribution < -0.4 is 4.31 Å². The van der Waals surface area contributed by atoms with E-state index in [1.165, 1.54) is 37.4 Å². The van der Waals surface area contributed by atoms with E-state index in [2.05, 4.69) is 6.07 Å². The van der Waals surface area contributed by atoms with Crippen molar-refractivity contribution in [3.05, 3.63) is 77.6 Å². The minimum Gasteiger partial charge on any atom is -0.462 e. The van der Waals surface area contributed by atoms with E-state index in [9.17, 15) is 22.9 Å². The Morgan fingerprint density at radius 2 is 1.83 bits per heavy atom. The van der Waals surface area contributed by atoms with Crippen molar-refractivity contribution in [1.82, 2.24) is 0 Å². The van der Waals surface area contributed by atoms with Crippen LogP contribution in [0.4, 0.5) is 10.1 Å². The summed E-state index contributed by atoms with van der Waals surface area (Å²) in [5, 5.41) is 9.75. The molecule has 7 nitrogen and oxygen atoms in total. The van der Waals surface area contributed by atoms with E-state index < -0.39 is 21.8 Å². The van der Waals surface area contributed by atoms with E-state index in [4.69, 9.17) is 9.15 Å². The largest absolute Gasteiger partial charge is 0.462 e. The Labute approximate surface area is 202 Å². The fourth-order valence-corrected chi connectivity index (χ4v) is 4.28. The molecule has 0 aliphatic rings. The first-order valence-corrected chi connectivity index (χ1v) is 12.5. The van der Waals surface area contributed by atoms with Gasteiger partial charge in [0.1, 0.15) is 22.7 Å². The van der Waals surface area contributed by atoms with Gasteiger partial charge in [0.2, 0.25) is 10.0 Å². The van der Waals surface area contributed by atoms with Crippen LogP contribution in [-0.2, 0) is 14.8 Å². The summed E-state index contributed by atoms with van der Waals surface area (Å²) in [5.74, 6) is -0.903. The minimum atomic E-state index is -3.66. The molecule has 0 radical (unpaired) electrons. The number of halogens is 1. The first kappa shape index (κ1) is 24.0. The predicted octanol–water partition coefficient (Wildman–Crippen LogP) is 5.35. The maximum atomic E-state index is 13.5. The van der Waals surface area contributed by atoms with E-state index >= 15 is 0 Å². The van der Waals surface area contributed by atoms with Gasteiger partial charge in [0.15, 0.2) is 0 Å². The molecule has 0 aliphatic carbocycles. The van der Waals surface area contributed by atoms with E-state index in [0.29, 0.717) is 33.3 Å². The summed E-state index contributed by atoms with van der Waals surface area (Å²) >= 11 is 0. The van der Waals surface area contributed by atoms with Crippen molar-refractivity contribution in [2.45, 2.75) is 6.92 Å². The van der Waals surface area contributed by atoms with Gasteiger partial charge >= 0.3 is 5.97 Å². The molecule has 0 saturated heterocycles. The quantitative estimate of drug-likeness (QED) is 0.336. The van der Waals surface area contributed by atoms with Gasteiger partial charge in [0.05, 0.1) is 30.2 Å². The molecule has 0 unspecified atom stereocenters. The van der Waals surface area contributed by atoms with Crippen LogP contribution in [0, 0.1) is 17.1 Å². The van der Waals surface area contributed by atoms with Crippen LogP contribution in [0.2, 0.25) is 0 Å². The number of rotatable bonds is 6. The Hall–Kier alpha value is -4.16. The minimum absolute atomic E-state index is 0.125. The zero-order valence-electron chi connectivity index (χ0n) is 19.2. The molecule has 35 heavy (non-hydrogen) atoms. The second-order valence-corrected chi connectivity index (χ2v) is 9.84. The average molecular weight is 493 g/mol. The van der Waals surface area contributed by atoms with E-state index in [1.54, 1.807) is 37.3 Å². The molecular formula is C26H21FN2O5S. The van der Waals surface area contributed by atoms with Gasteiger partial charge in [-0.15, -0.1) is 0 Å². The molecule has 0 saturated carbocycles. The summed E-state index contributed by atoms with van der Waals surface area (Å²) in [4.78, 5) is 13.0. The van der Waals surface area contributed by atoms with Crippen LogP contribution in [0.5, 0.6) is 0 Å². The lowest BCUT2D eigenvalue weighted by molar-refractivity contribution is 0.0528. The van der Waals surface area contributed by atoms with Crippen molar-refractivity contribution in [2.24, 2.45) is 0 Å². The van der Waals surface area contributed by atoms with Gasteiger partial charge < -0.3 is 9.15 Å². The molecule has 3 aromatic carbocycles. The predicted molar refractivity (Wildman–Crippen MR) is 131 cm³/mol. The Morgan fingerprint density at radius 1 is 1.11 bits per heavy atom. The number of hydrogen-bond donors (Lipinski definition) is 0. The third kappa shape index (κ3) is 4.61. The maximum absolute atomic E-state index is 13.5. The third-order valence-electron chi connectivity index (χ3n) is 5.53. The third-order valence-corrected chi connectivity index (χ3v) is 6.72. The number of esters is 1. The normalized spacial score (nSPS) is 11.3. The van der Waals surface area contributed by atoms with Crippen LogP contribution >= 0.6 is 0 Å². The summed E-state index contributed by atoms with van der Waals surface area (Å²) in [5.41, 5.74) is 2.58. The number of carbonyl (C=O) groups excluding carboxylic acids is 1.